The Morgan fingerprint density at radius 3 is 2.25 bits per heavy atom. The van der Waals surface area contributed by atoms with Crippen LogP contribution in [0.1, 0.15) is 16.1 Å². The highest BCUT2D eigenvalue weighted by Gasteiger charge is 2.24. The van der Waals surface area contributed by atoms with Gasteiger partial charge in [0.15, 0.2) is 0 Å². The Kier molecular flexibility index (Phi) is 6.05. The van der Waals surface area contributed by atoms with Crippen molar-refractivity contribution in [3.63, 3.8) is 0 Å². The molecule has 0 saturated carbocycles. The highest BCUT2D eigenvalue weighted by molar-refractivity contribution is 6.47. The number of hydrogen-bond donors (Lipinski definition) is 1. The molecule has 1 amide bonds. The standard InChI is InChI=1S/C25H20ClN3O3/c1-16-22(24(30)25(31)28-19-11-13-27-14-12-19)15-23(17-3-5-18(26)6-4-17)29(16)20-7-9-21(32-2)10-8-20/h3-15H,1-2H3,(H,27,28,31). The van der Waals surface area contributed by atoms with Crippen molar-refractivity contribution in [1.29, 1.82) is 0 Å². The molecule has 0 saturated heterocycles. The number of carbonyl (C=O) groups excluding carboxylic acids is 2. The van der Waals surface area contributed by atoms with Gasteiger partial charge in [0.05, 0.1) is 12.8 Å². The quantitative estimate of drug-likeness (QED) is 0.321. The molecule has 4 rings (SSSR count). The van der Waals surface area contributed by atoms with E-state index in [1.54, 1.807) is 49.8 Å². The molecule has 4 aromatic rings. The first-order valence-corrected chi connectivity index (χ1v) is 10.2. The van der Waals surface area contributed by atoms with E-state index in [0.29, 0.717) is 22.0 Å². The molecule has 160 valence electrons. The van der Waals surface area contributed by atoms with Crippen LogP contribution in [0, 0.1) is 6.92 Å². The van der Waals surface area contributed by atoms with Gasteiger partial charge in [-0.05, 0) is 67.1 Å². The SMILES string of the molecule is COc1ccc(-n2c(-c3ccc(Cl)cc3)cc(C(=O)C(=O)Nc3ccncc3)c2C)cc1. The highest BCUT2D eigenvalue weighted by Crippen LogP contribution is 2.31. The Labute approximate surface area is 190 Å². The fourth-order valence-electron chi connectivity index (χ4n) is 3.48. The summed E-state index contributed by atoms with van der Waals surface area (Å²) in [5.41, 5.74) is 3.93. The number of Topliss-reactive ketones (excluding diaryl/α,β-unsaturated/α-hetero) is 1. The number of ether oxygens (including phenoxy) is 1. The third kappa shape index (κ3) is 4.26. The van der Waals surface area contributed by atoms with E-state index in [2.05, 4.69) is 10.3 Å². The predicted octanol–water partition coefficient (Wildman–Crippen LogP) is 5.33. The maximum Gasteiger partial charge on any atom is 0.296 e. The summed E-state index contributed by atoms with van der Waals surface area (Å²) in [5, 5.41) is 3.24. The molecular formula is C25H20ClN3O3. The first kappa shape index (κ1) is 21.3. The van der Waals surface area contributed by atoms with Crippen LogP contribution >= 0.6 is 11.6 Å². The molecule has 0 radical (unpaired) electrons. The summed E-state index contributed by atoms with van der Waals surface area (Å²) in [5.74, 6) is -0.616. The van der Waals surface area contributed by atoms with E-state index < -0.39 is 11.7 Å². The van der Waals surface area contributed by atoms with Crippen molar-refractivity contribution in [2.24, 2.45) is 0 Å². The van der Waals surface area contributed by atoms with Crippen molar-refractivity contribution in [3.8, 4) is 22.7 Å². The van der Waals surface area contributed by atoms with Crippen molar-refractivity contribution < 1.29 is 14.3 Å². The molecule has 0 bridgehead atoms. The summed E-state index contributed by atoms with van der Waals surface area (Å²) in [6.45, 7) is 1.82. The minimum absolute atomic E-state index is 0.317. The number of carbonyl (C=O) groups is 2. The maximum absolute atomic E-state index is 13.1. The van der Waals surface area contributed by atoms with Gasteiger partial charge in [-0.3, -0.25) is 14.6 Å². The number of aromatic nitrogens is 2. The van der Waals surface area contributed by atoms with Gasteiger partial charge in [0, 0.05) is 40.0 Å². The molecule has 32 heavy (non-hydrogen) atoms. The number of nitrogens with zero attached hydrogens (tertiary/aromatic N) is 2. The summed E-state index contributed by atoms with van der Waals surface area (Å²) < 4.78 is 7.20. The van der Waals surface area contributed by atoms with Gasteiger partial charge in [-0.1, -0.05) is 23.7 Å². The third-order valence-electron chi connectivity index (χ3n) is 5.11. The zero-order valence-corrected chi connectivity index (χ0v) is 18.3. The molecule has 0 fully saturated rings. The lowest BCUT2D eigenvalue weighted by Gasteiger charge is -2.13. The average Bonchev–Trinajstić information content (AvgIpc) is 3.16. The second-order valence-electron chi connectivity index (χ2n) is 7.09. The van der Waals surface area contributed by atoms with Crippen molar-refractivity contribution in [3.05, 3.63) is 95.4 Å². The zero-order chi connectivity index (χ0) is 22.7. The van der Waals surface area contributed by atoms with Crippen molar-refractivity contribution >= 4 is 29.0 Å². The summed E-state index contributed by atoms with van der Waals surface area (Å²) in [4.78, 5) is 29.6. The van der Waals surface area contributed by atoms with E-state index in [4.69, 9.17) is 16.3 Å². The number of nitrogens with one attached hydrogen (secondary N) is 1. The summed E-state index contributed by atoms with van der Waals surface area (Å²) in [7, 11) is 1.60. The molecule has 2 aromatic carbocycles. The number of pyridine rings is 1. The minimum atomic E-state index is -0.714. The molecular weight excluding hydrogens is 426 g/mol. The number of methoxy groups -OCH3 is 1. The van der Waals surface area contributed by atoms with Crippen molar-refractivity contribution in [2.45, 2.75) is 6.92 Å². The fraction of sp³-hybridized carbons (Fsp3) is 0.0800. The van der Waals surface area contributed by atoms with Gasteiger partial charge in [0.25, 0.3) is 11.7 Å². The van der Waals surface area contributed by atoms with E-state index in [1.807, 2.05) is 47.9 Å². The summed E-state index contributed by atoms with van der Waals surface area (Å²) in [6, 6.07) is 19.8. The second-order valence-corrected chi connectivity index (χ2v) is 7.52. The van der Waals surface area contributed by atoms with Gasteiger partial charge in [0.2, 0.25) is 0 Å². The largest absolute Gasteiger partial charge is 0.497 e. The van der Waals surface area contributed by atoms with Gasteiger partial charge >= 0.3 is 0 Å². The first-order valence-electron chi connectivity index (χ1n) is 9.86. The second kappa shape index (κ2) is 9.08. The highest BCUT2D eigenvalue weighted by atomic mass is 35.5. The predicted molar refractivity (Wildman–Crippen MR) is 125 cm³/mol. The molecule has 0 aliphatic carbocycles. The lowest BCUT2D eigenvalue weighted by molar-refractivity contribution is -0.112. The van der Waals surface area contributed by atoms with E-state index >= 15 is 0 Å². The lowest BCUT2D eigenvalue weighted by atomic mass is 10.1. The Morgan fingerprint density at radius 1 is 0.969 bits per heavy atom. The molecule has 0 atom stereocenters. The molecule has 2 heterocycles. The molecule has 0 aliphatic rings. The van der Waals surface area contributed by atoms with Crippen LogP contribution in [-0.2, 0) is 4.79 Å². The smallest absolute Gasteiger partial charge is 0.296 e. The Balaban J connectivity index is 1.78. The monoisotopic (exact) mass is 445 g/mol. The summed E-state index contributed by atoms with van der Waals surface area (Å²) >= 11 is 6.06. The van der Waals surface area contributed by atoms with Gasteiger partial charge in [0.1, 0.15) is 5.75 Å². The number of halogens is 1. The maximum atomic E-state index is 13.1. The van der Waals surface area contributed by atoms with Crippen LogP contribution in [0.5, 0.6) is 5.75 Å². The van der Waals surface area contributed by atoms with E-state index in [0.717, 1.165) is 22.7 Å². The van der Waals surface area contributed by atoms with Crippen LogP contribution in [0.25, 0.3) is 16.9 Å². The van der Waals surface area contributed by atoms with Gasteiger partial charge in [-0.25, -0.2) is 0 Å². The van der Waals surface area contributed by atoms with E-state index in [1.165, 1.54) is 0 Å². The van der Waals surface area contributed by atoms with Gasteiger partial charge in [-0.15, -0.1) is 0 Å². The van der Waals surface area contributed by atoms with Crippen LogP contribution in [0.15, 0.2) is 79.1 Å². The molecule has 2 aromatic heterocycles. The van der Waals surface area contributed by atoms with Gasteiger partial charge < -0.3 is 14.6 Å². The van der Waals surface area contributed by atoms with Crippen LogP contribution in [0.2, 0.25) is 5.02 Å². The Morgan fingerprint density at radius 2 is 1.62 bits per heavy atom. The van der Waals surface area contributed by atoms with Crippen molar-refractivity contribution in [1.82, 2.24) is 9.55 Å². The molecule has 0 spiro atoms. The molecule has 6 nitrogen and oxygen atoms in total. The van der Waals surface area contributed by atoms with Crippen LogP contribution in [0.4, 0.5) is 5.69 Å². The topological polar surface area (TPSA) is 73.2 Å². The lowest BCUT2D eigenvalue weighted by Crippen LogP contribution is -2.23. The fourth-order valence-corrected chi connectivity index (χ4v) is 3.61. The van der Waals surface area contributed by atoms with E-state index in [-0.39, 0.29) is 0 Å². The third-order valence-corrected chi connectivity index (χ3v) is 5.36. The van der Waals surface area contributed by atoms with Gasteiger partial charge in [-0.2, -0.15) is 0 Å². The molecule has 1 N–H and O–H groups in total. The van der Waals surface area contributed by atoms with E-state index in [9.17, 15) is 9.59 Å². The Bertz CT molecular complexity index is 1260. The molecule has 7 heteroatoms. The average molecular weight is 446 g/mol. The minimum Gasteiger partial charge on any atom is -0.497 e. The molecule has 0 unspecified atom stereocenters. The zero-order valence-electron chi connectivity index (χ0n) is 17.5. The Hall–Kier alpha value is -3.90. The van der Waals surface area contributed by atoms with Crippen LogP contribution in [-0.4, -0.2) is 28.4 Å². The number of anilines is 1. The number of hydrogen-bond acceptors (Lipinski definition) is 4. The number of ketones is 1. The molecule has 0 aliphatic heterocycles. The first-order chi connectivity index (χ1) is 15.5. The normalized spacial score (nSPS) is 10.6. The number of amides is 1. The number of benzene rings is 2. The van der Waals surface area contributed by atoms with Crippen LogP contribution < -0.4 is 10.1 Å². The van der Waals surface area contributed by atoms with Crippen LogP contribution in [0.3, 0.4) is 0 Å². The van der Waals surface area contributed by atoms with Crippen molar-refractivity contribution in [2.75, 3.05) is 12.4 Å². The summed E-state index contributed by atoms with van der Waals surface area (Å²) in [6.07, 6.45) is 3.09. The number of rotatable bonds is 6.